The number of hydrogen-bond acceptors (Lipinski definition) is 6. The Morgan fingerprint density at radius 1 is 1.03 bits per heavy atom. The second-order valence-electron chi connectivity index (χ2n) is 7.73. The fraction of sp³-hybridized carbons (Fsp3) is 0.160. The van der Waals surface area contributed by atoms with E-state index >= 15 is 0 Å². The van der Waals surface area contributed by atoms with Gasteiger partial charge in [-0.15, -0.1) is 0 Å². The number of pyridine rings is 2. The number of nitrogens with one attached hydrogen (secondary N) is 2. The number of aromatic carboxylic acids is 1. The monoisotopic (exact) mass is 426 g/mol. The van der Waals surface area contributed by atoms with Crippen LogP contribution in [-0.4, -0.2) is 27.6 Å². The summed E-state index contributed by atoms with van der Waals surface area (Å²) in [6.07, 6.45) is 3.63. The van der Waals surface area contributed by atoms with Crippen LogP contribution in [0.1, 0.15) is 39.1 Å². The molecule has 5 rings (SSSR count). The summed E-state index contributed by atoms with van der Waals surface area (Å²) in [6.45, 7) is 0.910. The van der Waals surface area contributed by atoms with Gasteiger partial charge >= 0.3 is 5.97 Å². The Morgan fingerprint density at radius 3 is 2.59 bits per heavy atom. The highest BCUT2D eigenvalue weighted by Crippen LogP contribution is 2.33. The summed E-state index contributed by atoms with van der Waals surface area (Å²) in [5.41, 5.74) is 10.3. The van der Waals surface area contributed by atoms with Gasteiger partial charge in [-0.25, -0.2) is 15.2 Å². The van der Waals surface area contributed by atoms with Crippen molar-refractivity contribution in [2.45, 2.75) is 18.6 Å². The molecule has 1 fully saturated rings. The van der Waals surface area contributed by atoms with Gasteiger partial charge in [-0.1, -0.05) is 30.3 Å². The highest BCUT2D eigenvalue weighted by atomic mass is 16.5. The molecule has 3 N–H and O–H groups in total. The third-order valence-corrected chi connectivity index (χ3v) is 5.76. The van der Waals surface area contributed by atoms with E-state index in [2.05, 4.69) is 20.8 Å². The highest BCUT2D eigenvalue weighted by Gasteiger charge is 2.29. The molecule has 0 aliphatic carbocycles. The van der Waals surface area contributed by atoms with Gasteiger partial charge in [-0.05, 0) is 47.5 Å². The van der Waals surface area contributed by atoms with Gasteiger partial charge in [0.05, 0.1) is 22.8 Å². The van der Waals surface area contributed by atoms with E-state index < -0.39 is 5.97 Å². The lowest BCUT2D eigenvalue weighted by molar-refractivity contribution is 0.0693. The highest BCUT2D eigenvalue weighted by molar-refractivity contribution is 5.93. The number of carboxylic acids is 1. The molecule has 2 aromatic carbocycles. The molecule has 0 bridgehead atoms. The number of fused-ring (bicyclic) bond motifs is 1. The first kappa shape index (κ1) is 20.1. The third kappa shape index (κ3) is 4.03. The summed E-state index contributed by atoms with van der Waals surface area (Å²) in [4.78, 5) is 20.3. The maximum Gasteiger partial charge on any atom is 0.337 e. The molecule has 4 aromatic rings. The minimum atomic E-state index is -1.01. The molecule has 0 radical (unpaired) electrons. The maximum atomic E-state index is 11.7. The number of hydrogen-bond donors (Lipinski definition) is 3. The molecule has 1 aliphatic rings. The number of benzene rings is 2. The lowest BCUT2D eigenvalue weighted by Crippen LogP contribution is -2.24. The zero-order chi connectivity index (χ0) is 21.9. The van der Waals surface area contributed by atoms with Crippen molar-refractivity contribution in [3.8, 4) is 5.75 Å². The molecule has 2 unspecified atom stereocenters. The van der Waals surface area contributed by atoms with E-state index in [1.165, 1.54) is 5.56 Å². The standard InChI is InChI=1S/C25H22N4O3/c30-25(31)20-13-18-3-1-2-4-22(18)28-23(20)15-32-19-7-5-17(6-8-19)24-21(14-27-29-24)16-9-11-26-12-10-16/h1-13,21,24,27,29H,14-15H2,(H,30,31). The number of nitrogens with zero attached hydrogens (tertiary/aromatic N) is 2. The first-order chi connectivity index (χ1) is 15.7. The molecular formula is C25H22N4O3. The molecule has 7 heteroatoms. The fourth-order valence-electron chi connectivity index (χ4n) is 4.11. The summed E-state index contributed by atoms with van der Waals surface area (Å²) in [6, 6.07) is 21.2. The van der Waals surface area contributed by atoms with Crippen molar-refractivity contribution in [2.24, 2.45) is 0 Å². The van der Waals surface area contributed by atoms with Crippen molar-refractivity contribution >= 4 is 16.9 Å². The van der Waals surface area contributed by atoms with E-state index in [0.717, 1.165) is 23.0 Å². The van der Waals surface area contributed by atoms with E-state index in [1.54, 1.807) is 6.07 Å². The van der Waals surface area contributed by atoms with Gasteiger partial charge in [-0.2, -0.15) is 0 Å². The predicted molar refractivity (Wildman–Crippen MR) is 120 cm³/mol. The summed E-state index contributed by atoms with van der Waals surface area (Å²) >= 11 is 0. The predicted octanol–water partition coefficient (Wildman–Crippen LogP) is 3.84. The smallest absolute Gasteiger partial charge is 0.337 e. The molecule has 160 valence electrons. The number of ether oxygens (including phenoxy) is 1. The molecule has 3 heterocycles. The molecule has 32 heavy (non-hydrogen) atoms. The fourth-order valence-corrected chi connectivity index (χ4v) is 4.11. The largest absolute Gasteiger partial charge is 0.487 e. The molecule has 0 saturated carbocycles. The number of para-hydroxylation sites is 1. The van der Waals surface area contributed by atoms with E-state index in [1.807, 2.05) is 73.1 Å². The molecule has 1 saturated heterocycles. The summed E-state index contributed by atoms with van der Waals surface area (Å²) in [5.74, 6) is -0.0599. The maximum absolute atomic E-state index is 11.7. The van der Waals surface area contributed by atoms with E-state index in [4.69, 9.17) is 4.74 Å². The van der Waals surface area contributed by atoms with Gasteiger partial charge < -0.3 is 9.84 Å². The summed E-state index contributed by atoms with van der Waals surface area (Å²) in [7, 11) is 0. The lowest BCUT2D eigenvalue weighted by Gasteiger charge is -2.19. The molecule has 0 amide bonds. The van der Waals surface area contributed by atoms with Gasteiger partial charge in [0, 0.05) is 30.2 Å². The number of carbonyl (C=O) groups is 1. The zero-order valence-electron chi connectivity index (χ0n) is 17.2. The van der Waals surface area contributed by atoms with Crippen LogP contribution in [0.3, 0.4) is 0 Å². The minimum absolute atomic E-state index is 0.0781. The number of hydrazine groups is 1. The Labute approximate surface area is 185 Å². The SMILES string of the molecule is O=C(O)c1cc2ccccc2nc1COc1ccc(C2NNCC2c2ccncc2)cc1. The van der Waals surface area contributed by atoms with Crippen molar-refractivity contribution in [1.82, 2.24) is 20.8 Å². The lowest BCUT2D eigenvalue weighted by atomic mass is 9.89. The zero-order valence-corrected chi connectivity index (χ0v) is 17.2. The molecule has 2 atom stereocenters. The summed E-state index contributed by atoms with van der Waals surface area (Å²) in [5, 5.41) is 10.4. The quantitative estimate of drug-likeness (QED) is 0.431. The third-order valence-electron chi connectivity index (χ3n) is 5.76. The van der Waals surface area contributed by atoms with Crippen molar-refractivity contribution in [3.05, 3.63) is 102 Å². The topological polar surface area (TPSA) is 96.4 Å². The molecule has 1 aliphatic heterocycles. The average molecular weight is 426 g/mol. The minimum Gasteiger partial charge on any atom is -0.487 e. The second kappa shape index (κ2) is 8.74. The van der Waals surface area contributed by atoms with Crippen LogP contribution < -0.4 is 15.6 Å². The van der Waals surface area contributed by atoms with Crippen molar-refractivity contribution in [1.29, 1.82) is 0 Å². The van der Waals surface area contributed by atoms with Gasteiger partial charge in [0.25, 0.3) is 0 Å². The van der Waals surface area contributed by atoms with E-state index in [0.29, 0.717) is 17.4 Å². The van der Waals surface area contributed by atoms with Gasteiger partial charge in [0.1, 0.15) is 12.4 Å². The first-order valence-corrected chi connectivity index (χ1v) is 10.4. The Bertz CT molecular complexity index is 1250. The van der Waals surface area contributed by atoms with Crippen LogP contribution >= 0.6 is 0 Å². The van der Waals surface area contributed by atoms with Gasteiger partial charge in [0.15, 0.2) is 0 Å². The van der Waals surface area contributed by atoms with Crippen LogP contribution in [-0.2, 0) is 6.61 Å². The number of carboxylic acid groups (broad SMARTS) is 1. The van der Waals surface area contributed by atoms with Gasteiger partial charge in [0.2, 0.25) is 0 Å². The van der Waals surface area contributed by atoms with Crippen LogP contribution in [0.2, 0.25) is 0 Å². The Morgan fingerprint density at radius 2 is 1.81 bits per heavy atom. The average Bonchev–Trinajstić information content (AvgIpc) is 3.33. The first-order valence-electron chi connectivity index (χ1n) is 10.4. The summed E-state index contributed by atoms with van der Waals surface area (Å²) < 4.78 is 5.89. The molecule has 7 nitrogen and oxygen atoms in total. The molecule has 0 spiro atoms. The van der Waals surface area contributed by atoms with Crippen molar-refractivity contribution < 1.29 is 14.6 Å². The normalized spacial score (nSPS) is 18.0. The Balaban J connectivity index is 1.32. The van der Waals surface area contributed by atoms with Crippen LogP contribution in [0.5, 0.6) is 5.75 Å². The van der Waals surface area contributed by atoms with Crippen LogP contribution in [0.15, 0.2) is 79.1 Å². The van der Waals surface area contributed by atoms with Crippen LogP contribution in [0, 0.1) is 0 Å². The van der Waals surface area contributed by atoms with Crippen molar-refractivity contribution in [2.75, 3.05) is 6.54 Å². The van der Waals surface area contributed by atoms with Crippen molar-refractivity contribution in [3.63, 3.8) is 0 Å². The molecule has 2 aromatic heterocycles. The van der Waals surface area contributed by atoms with Gasteiger partial charge in [-0.3, -0.25) is 10.4 Å². The van der Waals surface area contributed by atoms with E-state index in [-0.39, 0.29) is 18.2 Å². The van der Waals surface area contributed by atoms with Crippen LogP contribution in [0.25, 0.3) is 10.9 Å². The van der Waals surface area contributed by atoms with Crippen LogP contribution in [0.4, 0.5) is 0 Å². The second-order valence-corrected chi connectivity index (χ2v) is 7.73. The van der Waals surface area contributed by atoms with E-state index in [9.17, 15) is 9.90 Å². The number of rotatable bonds is 6. The Hall–Kier alpha value is -3.81. The Kier molecular flexibility index (Phi) is 5.49. The number of aromatic nitrogens is 2. The molecular weight excluding hydrogens is 404 g/mol.